The van der Waals surface area contributed by atoms with Crippen LogP contribution in [0, 0.1) is 5.82 Å². The van der Waals surface area contributed by atoms with Crippen molar-refractivity contribution in [3.05, 3.63) is 35.6 Å². The van der Waals surface area contributed by atoms with Gasteiger partial charge < -0.3 is 5.73 Å². The number of likely N-dealkylation sites (tertiary alicyclic amines) is 1. The Labute approximate surface area is 102 Å². The standard InChI is InChI=1S/C12H17FN2.ClH/c1-9(15-7-6-10(14)8-15)11-4-2-3-5-12(11)13;/h2-5,9-10H,6-8,14H2,1H3;1H/t9?,10-;/m0./s1. The molecule has 1 aliphatic rings. The van der Waals surface area contributed by atoms with Crippen LogP contribution in [0.15, 0.2) is 24.3 Å². The average Bonchev–Trinajstić information content (AvgIpc) is 2.65. The maximum absolute atomic E-state index is 13.5. The van der Waals surface area contributed by atoms with Gasteiger partial charge in [0.15, 0.2) is 0 Å². The molecule has 1 saturated heterocycles. The van der Waals surface area contributed by atoms with Gasteiger partial charge in [0.25, 0.3) is 0 Å². The van der Waals surface area contributed by atoms with Crippen LogP contribution in [-0.2, 0) is 0 Å². The molecule has 16 heavy (non-hydrogen) atoms. The topological polar surface area (TPSA) is 29.3 Å². The molecule has 1 aliphatic heterocycles. The Morgan fingerprint density at radius 3 is 2.69 bits per heavy atom. The highest BCUT2D eigenvalue weighted by Crippen LogP contribution is 2.25. The molecule has 1 fully saturated rings. The smallest absolute Gasteiger partial charge is 0.127 e. The van der Waals surface area contributed by atoms with Gasteiger partial charge in [0.2, 0.25) is 0 Å². The van der Waals surface area contributed by atoms with Crippen LogP contribution in [-0.4, -0.2) is 24.0 Å². The quantitative estimate of drug-likeness (QED) is 0.865. The third kappa shape index (κ3) is 2.73. The van der Waals surface area contributed by atoms with Crippen molar-refractivity contribution < 1.29 is 4.39 Å². The van der Waals surface area contributed by atoms with Crippen molar-refractivity contribution in [1.82, 2.24) is 4.90 Å². The fourth-order valence-electron chi connectivity index (χ4n) is 2.18. The lowest BCUT2D eigenvalue weighted by molar-refractivity contribution is 0.254. The Bertz CT molecular complexity index is 346. The second kappa shape index (κ2) is 5.62. The molecule has 4 heteroatoms. The zero-order valence-electron chi connectivity index (χ0n) is 9.40. The second-order valence-corrected chi connectivity index (χ2v) is 4.24. The van der Waals surface area contributed by atoms with E-state index in [-0.39, 0.29) is 30.3 Å². The highest BCUT2D eigenvalue weighted by atomic mass is 35.5. The van der Waals surface area contributed by atoms with Crippen molar-refractivity contribution in [2.75, 3.05) is 13.1 Å². The van der Waals surface area contributed by atoms with Gasteiger partial charge in [-0.15, -0.1) is 12.4 Å². The van der Waals surface area contributed by atoms with Crippen LogP contribution in [0.25, 0.3) is 0 Å². The third-order valence-electron chi connectivity index (χ3n) is 3.16. The monoisotopic (exact) mass is 244 g/mol. The summed E-state index contributed by atoms with van der Waals surface area (Å²) in [6.45, 7) is 3.88. The number of hydrogen-bond donors (Lipinski definition) is 1. The molecule has 2 atom stereocenters. The summed E-state index contributed by atoms with van der Waals surface area (Å²) in [6.07, 6.45) is 1.01. The molecule has 0 radical (unpaired) electrons. The van der Waals surface area contributed by atoms with Crippen molar-refractivity contribution in [3.63, 3.8) is 0 Å². The second-order valence-electron chi connectivity index (χ2n) is 4.24. The van der Waals surface area contributed by atoms with E-state index < -0.39 is 0 Å². The van der Waals surface area contributed by atoms with E-state index in [0.29, 0.717) is 0 Å². The van der Waals surface area contributed by atoms with Crippen LogP contribution in [0.2, 0.25) is 0 Å². The van der Waals surface area contributed by atoms with Gasteiger partial charge in [-0.1, -0.05) is 18.2 Å². The molecular weight excluding hydrogens is 227 g/mol. The van der Waals surface area contributed by atoms with E-state index in [2.05, 4.69) is 4.90 Å². The summed E-state index contributed by atoms with van der Waals surface area (Å²) in [5.41, 5.74) is 6.61. The number of nitrogens with zero attached hydrogens (tertiary/aromatic N) is 1. The van der Waals surface area contributed by atoms with E-state index in [0.717, 1.165) is 25.1 Å². The van der Waals surface area contributed by atoms with E-state index in [4.69, 9.17) is 5.73 Å². The van der Waals surface area contributed by atoms with Gasteiger partial charge in [-0.2, -0.15) is 0 Å². The molecule has 2 N–H and O–H groups in total. The zero-order chi connectivity index (χ0) is 10.8. The largest absolute Gasteiger partial charge is 0.326 e. The number of nitrogens with two attached hydrogens (primary N) is 1. The maximum Gasteiger partial charge on any atom is 0.127 e. The Morgan fingerprint density at radius 2 is 2.12 bits per heavy atom. The van der Waals surface area contributed by atoms with Crippen LogP contribution in [0.1, 0.15) is 24.9 Å². The Balaban J connectivity index is 0.00000128. The lowest BCUT2D eigenvalue weighted by Crippen LogP contribution is -2.29. The van der Waals surface area contributed by atoms with E-state index in [1.165, 1.54) is 6.07 Å². The zero-order valence-corrected chi connectivity index (χ0v) is 10.2. The molecule has 0 amide bonds. The summed E-state index contributed by atoms with van der Waals surface area (Å²) in [5.74, 6) is -0.120. The van der Waals surface area contributed by atoms with Crippen molar-refractivity contribution in [2.45, 2.75) is 25.4 Å². The predicted molar refractivity (Wildman–Crippen MR) is 66.2 cm³/mol. The number of benzene rings is 1. The highest BCUT2D eigenvalue weighted by molar-refractivity contribution is 5.85. The minimum absolute atomic E-state index is 0. The lowest BCUT2D eigenvalue weighted by atomic mass is 10.1. The highest BCUT2D eigenvalue weighted by Gasteiger charge is 2.25. The summed E-state index contributed by atoms with van der Waals surface area (Å²) in [4.78, 5) is 2.24. The summed E-state index contributed by atoms with van der Waals surface area (Å²) in [7, 11) is 0. The molecule has 0 aromatic heterocycles. The normalized spacial score (nSPS) is 22.8. The van der Waals surface area contributed by atoms with Crippen molar-refractivity contribution >= 4 is 12.4 Å². The van der Waals surface area contributed by atoms with E-state index >= 15 is 0 Å². The molecule has 90 valence electrons. The SMILES string of the molecule is CC(c1ccccc1F)N1CC[C@H](N)C1.Cl. The summed E-state index contributed by atoms with van der Waals surface area (Å²) in [5, 5.41) is 0. The lowest BCUT2D eigenvalue weighted by Gasteiger charge is -2.24. The van der Waals surface area contributed by atoms with Gasteiger partial charge in [-0.3, -0.25) is 4.90 Å². The van der Waals surface area contributed by atoms with Crippen LogP contribution in [0.4, 0.5) is 4.39 Å². The number of hydrogen-bond acceptors (Lipinski definition) is 2. The molecule has 2 rings (SSSR count). The van der Waals surface area contributed by atoms with Gasteiger partial charge >= 0.3 is 0 Å². The van der Waals surface area contributed by atoms with Crippen molar-refractivity contribution in [2.24, 2.45) is 5.73 Å². The Hall–Kier alpha value is -0.640. The molecular formula is C12H18ClFN2. The van der Waals surface area contributed by atoms with E-state index in [1.54, 1.807) is 6.07 Å². The Kier molecular flexibility index (Phi) is 4.71. The number of halogens is 2. The van der Waals surface area contributed by atoms with Gasteiger partial charge in [0, 0.05) is 30.7 Å². The minimum Gasteiger partial charge on any atom is -0.326 e. The fraction of sp³-hybridized carbons (Fsp3) is 0.500. The first kappa shape index (κ1) is 13.4. The van der Waals surface area contributed by atoms with Gasteiger partial charge in [-0.05, 0) is 19.4 Å². The van der Waals surface area contributed by atoms with Crippen LogP contribution in [0.5, 0.6) is 0 Å². The Morgan fingerprint density at radius 1 is 1.44 bits per heavy atom. The summed E-state index contributed by atoms with van der Waals surface area (Å²) in [6, 6.07) is 7.34. The van der Waals surface area contributed by atoms with Crippen molar-refractivity contribution in [3.8, 4) is 0 Å². The fourth-order valence-corrected chi connectivity index (χ4v) is 2.18. The number of rotatable bonds is 2. The first-order valence-corrected chi connectivity index (χ1v) is 5.42. The first-order chi connectivity index (χ1) is 7.18. The van der Waals surface area contributed by atoms with Crippen LogP contribution < -0.4 is 5.73 Å². The van der Waals surface area contributed by atoms with Crippen LogP contribution in [0.3, 0.4) is 0 Å². The average molecular weight is 245 g/mol. The predicted octanol–water partition coefficient (Wildman–Crippen LogP) is 2.34. The van der Waals surface area contributed by atoms with Gasteiger partial charge in [0.05, 0.1) is 0 Å². The first-order valence-electron chi connectivity index (χ1n) is 5.42. The van der Waals surface area contributed by atoms with Gasteiger partial charge in [0.1, 0.15) is 5.82 Å². The molecule has 0 saturated carbocycles. The molecule has 1 heterocycles. The third-order valence-corrected chi connectivity index (χ3v) is 3.16. The summed E-state index contributed by atoms with van der Waals surface area (Å²) >= 11 is 0. The molecule has 0 spiro atoms. The molecule has 0 bridgehead atoms. The van der Waals surface area contributed by atoms with Gasteiger partial charge in [-0.25, -0.2) is 4.39 Å². The molecule has 1 unspecified atom stereocenters. The van der Waals surface area contributed by atoms with Crippen molar-refractivity contribution in [1.29, 1.82) is 0 Å². The molecule has 1 aromatic rings. The van der Waals surface area contributed by atoms with Crippen LogP contribution >= 0.6 is 12.4 Å². The molecule has 1 aromatic carbocycles. The molecule has 0 aliphatic carbocycles. The van der Waals surface area contributed by atoms with E-state index in [9.17, 15) is 4.39 Å². The maximum atomic E-state index is 13.5. The van der Waals surface area contributed by atoms with E-state index in [1.807, 2.05) is 19.1 Å². The summed E-state index contributed by atoms with van der Waals surface area (Å²) < 4.78 is 13.5. The minimum atomic E-state index is -0.120. The molecule has 2 nitrogen and oxygen atoms in total.